The van der Waals surface area contributed by atoms with Crippen LogP contribution in [0.5, 0.6) is 0 Å². The Morgan fingerprint density at radius 1 is 0.480 bits per heavy atom. The van der Waals surface area contributed by atoms with Gasteiger partial charge in [0.05, 0.1) is 21.8 Å². The topological polar surface area (TPSA) is 69.8 Å². The fourth-order valence-electron chi connectivity index (χ4n) is 9.73. The third kappa shape index (κ3) is 4.47. The lowest BCUT2D eigenvalue weighted by Gasteiger charge is -2.33. The smallest absolute Gasteiger partial charge is 0.267 e. The first kappa shape index (κ1) is 30.1. The van der Waals surface area contributed by atoms with Crippen molar-refractivity contribution in [3.05, 3.63) is 175 Å². The summed E-state index contributed by atoms with van der Waals surface area (Å²) in [5, 5.41) is 2.29. The summed E-state index contributed by atoms with van der Waals surface area (Å²) in [6.07, 6.45) is 11.1. The fourth-order valence-corrected chi connectivity index (χ4v) is 9.98. The van der Waals surface area contributed by atoms with Crippen molar-refractivity contribution in [3.8, 4) is 0 Å². The van der Waals surface area contributed by atoms with Crippen molar-refractivity contribution in [2.45, 2.75) is 36.5 Å². The molecule has 246 valence electrons. The summed E-state index contributed by atoms with van der Waals surface area (Å²) in [5.74, 6) is 1.85. The minimum absolute atomic E-state index is 0.0568. The zero-order valence-electron chi connectivity index (χ0n) is 26.9. The lowest BCUT2D eigenvalue weighted by atomic mass is 9.77. The first-order chi connectivity index (χ1) is 24.4. The Hall–Kier alpha value is -4.78. The largest absolute Gasteiger partial charge is 0.280 e. The first-order valence-electron chi connectivity index (χ1n) is 17.4. The number of aromatic nitrogens is 4. The molecule has 0 N–H and O–H groups in total. The van der Waals surface area contributed by atoms with Gasteiger partial charge in [-0.3, -0.25) is 9.59 Å². The average molecular weight is 696 g/mol. The van der Waals surface area contributed by atoms with Gasteiger partial charge in [-0.25, -0.2) is 9.97 Å². The number of rotatable bonds is 5. The molecule has 4 aliphatic rings. The highest BCUT2D eigenvalue weighted by molar-refractivity contribution is 6.30. The molecule has 6 nitrogen and oxygen atoms in total. The number of benzene rings is 4. The second-order valence-electron chi connectivity index (χ2n) is 14.3. The third-order valence-corrected chi connectivity index (χ3v) is 12.3. The molecule has 2 heterocycles. The Morgan fingerprint density at radius 2 is 0.840 bits per heavy atom. The number of hydrogen-bond donors (Lipinski definition) is 0. The van der Waals surface area contributed by atoms with Gasteiger partial charge in [0, 0.05) is 33.7 Å². The van der Waals surface area contributed by atoms with Gasteiger partial charge < -0.3 is 0 Å². The molecule has 0 saturated heterocycles. The van der Waals surface area contributed by atoms with Crippen LogP contribution in [0.2, 0.25) is 10.0 Å². The molecule has 4 aliphatic carbocycles. The van der Waals surface area contributed by atoms with E-state index in [4.69, 9.17) is 33.2 Å². The van der Waals surface area contributed by atoms with E-state index in [0.29, 0.717) is 43.5 Å². The third-order valence-electron chi connectivity index (χ3n) is 11.8. The summed E-state index contributed by atoms with van der Waals surface area (Å²) in [5.41, 5.74) is 3.00. The molecule has 4 bridgehead atoms. The summed E-state index contributed by atoms with van der Waals surface area (Å²) < 4.78 is 3.21. The Balaban J connectivity index is 1.28. The Kier molecular flexibility index (Phi) is 6.84. The van der Waals surface area contributed by atoms with Gasteiger partial charge in [-0.1, -0.05) is 96.0 Å². The minimum atomic E-state index is -0.269. The Morgan fingerprint density at radius 3 is 1.24 bits per heavy atom. The number of hydrogen-bond acceptors (Lipinski definition) is 4. The maximum Gasteiger partial charge on any atom is 0.280 e. The molecule has 2 aromatic heterocycles. The average Bonchev–Trinajstić information content (AvgIpc) is 3.95. The monoisotopic (exact) mass is 694 g/mol. The molecular formula is C42H32Cl2N4O2. The second kappa shape index (κ2) is 11.4. The zero-order valence-corrected chi connectivity index (χ0v) is 28.5. The minimum Gasteiger partial charge on any atom is -0.267 e. The van der Waals surface area contributed by atoms with Crippen molar-refractivity contribution >= 4 is 45.0 Å². The van der Waals surface area contributed by atoms with E-state index in [-0.39, 0.29) is 58.5 Å². The van der Waals surface area contributed by atoms with Crippen LogP contribution in [0, 0.1) is 23.7 Å². The number of allylic oxidation sites excluding steroid dienone is 4. The zero-order chi connectivity index (χ0) is 33.7. The van der Waals surface area contributed by atoms with Crippen molar-refractivity contribution in [3.63, 3.8) is 0 Å². The Bertz CT molecular complexity index is 2340. The van der Waals surface area contributed by atoms with Crippen LogP contribution >= 0.6 is 23.2 Å². The van der Waals surface area contributed by atoms with Crippen molar-refractivity contribution in [1.29, 1.82) is 0 Å². The van der Waals surface area contributed by atoms with E-state index >= 15 is 9.59 Å². The molecule has 8 heteroatoms. The molecule has 2 fully saturated rings. The molecule has 2 saturated carbocycles. The van der Waals surface area contributed by atoms with Crippen molar-refractivity contribution < 1.29 is 0 Å². The van der Waals surface area contributed by atoms with E-state index in [0.717, 1.165) is 24.0 Å². The van der Waals surface area contributed by atoms with Crippen molar-refractivity contribution in [2.75, 3.05) is 0 Å². The fraction of sp³-hybridized carbons (Fsp3) is 0.238. The van der Waals surface area contributed by atoms with Crippen LogP contribution in [-0.4, -0.2) is 19.3 Å². The summed E-state index contributed by atoms with van der Waals surface area (Å²) in [7, 11) is 0. The molecule has 8 atom stereocenters. The molecule has 0 amide bonds. The Labute approximate surface area is 298 Å². The van der Waals surface area contributed by atoms with Gasteiger partial charge in [0.15, 0.2) is 0 Å². The normalized spacial score (nSPS) is 27.6. The molecule has 50 heavy (non-hydrogen) atoms. The van der Waals surface area contributed by atoms with Crippen LogP contribution in [0.3, 0.4) is 0 Å². The summed E-state index contributed by atoms with van der Waals surface area (Å²) in [4.78, 5) is 40.8. The van der Waals surface area contributed by atoms with E-state index in [1.54, 1.807) is 21.5 Å². The molecule has 10 rings (SSSR count). The molecule has 0 spiro atoms. The van der Waals surface area contributed by atoms with Crippen molar-refractivity contribution in [1.82, 2.24) is 19.3 Å². The maximum atomic E-state index is 15.1. The number of fused-ring (bicyclic) bond motifs is 6. The van der Waals surface area contributed by atoms with Gasteiger partial charge in [0.2, 0.25) is 0 Å². The van der Waals surface area contributed by atoms with Crippen LogP contribution in [0.25, 0.3) is 21.8 Å². The second-order valence-corrected chi connectivity index (χ2v) is 15.2. The van der Waals surface area contributed by atoms with E-state index in [1.807, 2.05) is 60.7 Å². The lowest BCUT2D eigenvalue weighted by Crippen LogP contribution is -2.43. The first-order valence-corrected chi connectivity index (χ1v) is 18.1. The summed E-state index contributed by atoms with van der Waals surface area (Å²) in [6, 6.07) is 31.0. The van der Waals surface area contributed by atoms with Crippen LogP contribution in [0.4, 0.5) is 0 Å². The number of nitrogens with zero attached hydrogens (tertiary/aromatic N) is 4. The molecule has 4 aromatic carbocycles. The van der Waals surface area contributed by atoms with E-state index in [9.17, 15) is 0 Å². The van der Waals surface area contributed by atoms with Gasteiger partial charge in [-0.15, -0.1) is 0 Å². The molecule has 0 aliphatic heterocycles. The van der Waals surface area contributed by atoms with Crippen LogP contribution in [0.15, 0.2) is 131 Å². The SMILES string of the molecule is O=c1c2ccccc2nc([C@H]2[C@H](c3ccc(Cl)cc3)[C@@H]3C=C[C@H]2C3)n1-n1c([C@H]2[C@H](c3ccc(Cl)cc3)[C@@H]3C=C[C@H]2C3)nc2ccccc2c1=O. The quantitative estimate of drug-likeness (QED) is 0.169. The molecule has 0 unspecified atom stereocenters. The van der Waals surface area contributed by atoms with Gasteiger partial charge >= 0.3 is 0 Å². The van der Waals surface area contributed by atoms with Crippen molar-refractivity contribution in [2.24, 2.45) is 23.7 Å². The van der Waals surface area contributed by atoms with Gasteiger partial charge in [-0.2, -0.15) is 9.35 Å². The van der Waals surface area contributed by atoms with Crippen LogP contribution in [-0.2, 0) is 0 Å². The van der Waals surface area contributed by atoms with Gasteiger partial charge in [-0.05, 0) is 96.2 Å². The van der Waals surface area contributed by atoms with E-state index in [1.165, 1.54) is 0 Å². The predicted molar refractivity (Wildman–Crippen MR) is 198 cm³/mol. The van der Waals surface area contributed by atoms with E-state index in [2.05, 4.69) is 48.6 Å². The van der Waals surface area contributed by atoms with Crippen LogP contribution in [0.1, 0.15) is 59.3 Å². The highest BCUT2D eigenvalue weighted by atomic mass is 35.5. The summed E-state index contributed by atoms with van der Waals surface area (Å²) in [6.45, 7) is 0. The highest BCUT2D eigenvalue weighted by Crippen LogP contribution is 2.59. The molecular weight excluding hydrogens is 663 g/mol. The predicted octanol–water partition coefficient (Wildman–Crippen LogP) is 8.87. The standard InChI is InChI=1S/C42H32Cl2N4O2/c43-29-17-13-23(14-18-29)35-25-9-11-27(21-25)37(35)39-45-33-7-3-1-5-31(33)41(49)47(39)48-40(46-34-8-4-2-6-32(34)42(48)50)38-28-12-10-26(22-28)36(38)24-15-19-30(44)20-16-24/h1-20,25-28,35-38H,21-22H2/t25-,26-,27+,28+,35-,36-,37-,38-/m1/s1. The highest BCUT2D eigenvalue weighted by Gasteiger charge is 2.50. The lowest BCUT2D eigenvalue weighted by molar-refractivity contribution is 0.399. The van der Waals surface area contributed by atoms with Gasteiger partial charge in [0.1, 0.15) is 11.6 Å². The molecule has 6 aromatic rings. The van der Waals surface area contributed by atoms with Crippen LogP contribution < -0.4 is 11.1 Å². The number of halogens is 2. The van der Waals surface area contributed by atoms with Gasteiger partial charge in [0.25, 0.3) is 11.1 Å². The maximum absolute atomic E-state index is 15.1. The molecule has 0 radical (unpaired) electrons. The van der Waals surface area contributed by atoms with E-state index < -0.39 is 0 Å². The number of para-hydroxylation sites is 2. The summed E-state index contributed by atoms with van der Waals surface area (Å²) >= 11 is 12.7.